The predicted octanol–water partition coefficient (Wildman–Crippen LogP) is 5.28. The molecule has 0 aliphatic carbocycles. The van der Waals surface area contributed by atoms with E-state index in [0.717, 1.165) is 10.9 Å². The molecule has 0 aliphatic rings. The van der Waals surface area contributed by atoms with E-state index in [4.69, 9.17) is 18.9 Å². The van der Waals surface area contributed by atoms with E-state index in [1.807, 2.05) is 48.5 Å². The Morgan fingerprint density at radius 1 is 0.844 bits per heavy atom. The van der Waals surface area contributed by atoms with Crippen molar-refractivity contribution in [2.75, 3.05) is 21.3 Å². The summed E-state index contributed by atoms with van der Waals surface area (Å²) >= 11 is 0. The summed E-state index contributed by atoms with van der Waals surface area (Å²) in [5.41, 5.74) is 2.71. The maximum absolute atomic E-state index is 11.7. The highest BCUT2D eigenvalue weighted by molar-refractivity contribution is 5.96. The first-order valence-electron chi connectivity index (χ1n) is 9.93. The molecule has 0 aliphatic heterocycles. The van der Waals surface area contributed by atoms with Crippen molar-refractivity contribution in [3.05, 3.63) is 66.2 Å². The number of aliphatic carboxylic acids is 1. The number of methoxy groups -OCH3 is 3. The topological polar surface area (TPSA) is 90.0 Å². The largest absolute Gasteiger partial charge is 0.496 e. The zero-order chi connectivity index (χ0) is 22.7. The first-order valence-corrected chi connectivity index (χ1v) is 9.93. The van der Waals surface area contributed by atoms with Crippen LogP contribution in [0.4, 0.5) is 0 Å². The molecular formula is C25H23NO6. The minimum absolute atomic E-state index is 0.179. The number of hydrogen-bond donors (Lipinski definition) is 2. The molecule has 2 N–H and O–H groups in total. The molecule has 7 nitrogen and oxygen atoms in total. The highest BCUT2D eigenvalue weighted by atomic mass is 16.5. The van der Waals surface area contributed by atoms with Gasteiger partial charge >= 0.3 is 5.97 Å². The number of fused-ring (bicyclic) bond motifs is 1. The van der Waals surface area contributed by atoms with Crippen LogP contribution in [-0.2, 0) is 11.2 Å². The van der Waals surface area contributed by atoms with Crippen molar-refractivity contribution in [2.24, 2.45) is 0 Å². The molecule has 0 atom stereocenters. The van der Waals surface area contributed by atoms with Crippen LogP contribution in [0.15, 0.2) is 60.7 Å². The van der Waals surface area contributed by atoms with E-state index in [0.29, 0.717) is 45.6 Å². The predicted molar refractivity (Wildman–Crippen MR) is 121 cm³/mol. The fourth-order valence-electron chi connectivity index (χ4n) is 3.70. The summed E-state index contributed by atoms with van der Waals surface area (Å²) in [6.07, 6.45) is -0.179. The first-order chi connectivity index (χ1) is 15.5. The van der Waals surface area contributed by atoms with Crippen LogP contribution in [0, 0.1) is 0 Å². The van der Waals surface area contributed by atoms with Crippen molar-refractivity contribution in [1.82, 2.24) is 4.98 Å². The summed E-state index contributed by atoms with van der Waals surface area (Å²) in [5.74, 6) is 1.92. The molecule has 7 heteroatoms. The minimum Gasteiger partial charge on any atom is -0.496 e. The fraction of sp³-hybridized carbons (Fsp3) is 0.160. The van der Waals surface area contributed by atoms with Crippen LogP contribution in [0.3, 0.4) is 0 Å². The molecule has 0 fully saturated rings. The molecule has 0 amide bonds. The quantitative estimate of drug-likeness (QED) is 0.393. The monoisotopic (exact) mass is 433 g/mol. The molecule has 0 unspecified atom stereocenters. The van der Waals surface area contributed by atoms with Gasteiger partial charge in [0, 0.05) is 22.5 Å². The normalized spacial score (nSPS) is 10.7. The Balaban J connectivity index is 1.89. The lowest BCUT2D eigenvalue weighted by Crippen LogP contribution is -2.02. The smallest absolute Gasteiger partial charge is 0.307 e. The van der Waals surface area contributed by atoms with Gasteiger partial charge in [-0.15, -0.1) is 0 Å². The average Bonchev–Trinajstić information content (AvgIpc) is 3.15. The van der Waals surface area contributed by atoms with Gasteiger partial charge in [-0.2, -0.15) is 0 Å². The third kappa shape index (κ3) is 4.05. The van der Waals surface area contributed by atoms with Crippen LogP contribution in [0.25, 0.3) is 22.2 Å². The number of aromatic amines is 1. The van der Waals surface area contributed by atoms with Gasteiger partial charge in [-0.05, 0) is 42.0 Å². The molecule has 4 aromatic rings. The van der Waals surface area contributed by atoms with Crippen LogP contribution in [0.2, 0.25) is 0 Å². The Labute approximate surface area is 185 Å². The summed E-state index contributed by atoms with van der Waals surface area (Å²) in [5, 5.41) is 10.4. The number of carboxylic acid groups (broad SMARTS) is 1. The van der Waals surface area contributed by atoms with Crippen molar-refractivity contribution < 1.29 is 28.8 Å². The molecular weight excluding hydrogens is 410 g/mol. The maximum atomic E-state index is 11.7. The van der Waals surface area contributed by atoms with Crippen molar-refractivity contribution in [3.8, 4) is 40.0 Å². The summed E-state index contributed by atoms with van der Waals surface area (Å²) < 4.78 is 22.3. The summed E-state index contributed by atoms with van der Waals surface area (Å²) in [7, 11) is 4.64. The zero-order valence-electron chi connectivity index (χ0n) is 18.0. The Morgan fingerprint density at radius 3 is 2.19 bits per heavy atom. The number of ether oxygens (including phenoxy) is 4. The van der Waals surface area contributed by atoms with Crippen molar-refractivity contribution in [2.45, 2.75) is 6.42 Å². The van der Waals surface area contributed by atoms with Crippen LogP contribution in [-0.4, -0.2) is 37.4 Å². The van der Waals surface area contributed by atoms with Crippen molar-refractivity contribution in [1.29, 1.82) is 0 Å². The number of aromatic nitrogens is 1. The minimum atomic E-state index is -0.944. The van der Waals surface area contributed by atoms with E-state index in [-0.39, 0.29) is 6.42 Å². The Morgan fingerprint density at radius 2 is 1.53 bits per heavy atom. The molecule has 3 aromatic carbocycles. The standard InChI is InChI=1S/C25H23NO6/c1-29-21-14-23(31-3)22(30-2)12-19(21)25-18(13-24(27)28)17-11-16(9-10-20(17)26-25)32-15-7-5-4-6-8-15/h4-12,14,26H,13H2,1-3H3,(H,27,28). The van der Waals surface area contributed by atoms with Crippen LogP contribution in [0.1, 0.15) is 5.56 Å². The second-order valence-corrected chi connectivity index (χ2v) is 7.08. The number of carboxylic acids is 1. The Hall–Kier alpha value is -4.13. The van der Waals surface area contributed by atoms with E-state index < -0.39 is 5.97 Å². The van der Waals surface area contributed by atoms with Gasteiger partial charge in [0.25, 0.3) is 0 Å². The van der Waals surface area contributed by atoms with Gasteiger partial charge in [-0.25, -0.2) is 0 Å². The molecule has 4 rings (SSSR count). The van der Waals surface area contributed by atoms with E-state index in [2.05, 4.69) is 4.98 Å². The van der Waals surface area contributed by atoms with Crippen LogP contribution in [0.5, 0.6) is 28.7 Å². The third-order valence-electron chi connectivity index (χ3n) is 5.16. The average molecular weight is 433 g/mol. The van der Waals surface area contributed by atoms with Gasteiger partial charge in [-0.1, -0.05) is 18.2 Å². The second-order valence-electron chi connectivity index (χ2n) is 7.08. The Bertz CT molecular complexity index is 1260. The molecule has 0 spiro atoms. The van der Waals surface area contributed by atoms with Crippen LogP contribution < -0.4 is 18.9 Å². The molecule has 32 heavy (non-hydrogen) atoms. The lowest BCUT2D eigenvalue weighted by atomic mass is 10.0. The van der Waals surface area contributed by atoms with Gasteiger partial charge in [-0.3, -0.25) is 4.79 Å². The molecule has 0 saturated heterocycles. The number of carbonyl (C=O) groups is 1. The van der Waals surface area contributed by atoms with Gasteiger partial charge in [0.15, 0.2) is 11.5 Å². The third-order valence-corrected chi connectivity index (χ3v) is 5.16. The van der Waals surface area contributed by atoms with Crippen LogP contribution >= 0.6 is 0 Å². The zero-order valence-corrected chi connectivity index (χ0v) is 18.0. The maximum Gasteiger partial charge on any atom is 0.307 e. The van der Waals surface area contributed by atoms with Crippen molar-refractivity contribution in [3.63, 3.8) is 0 Å². The van der Waals surface area contributed by atoms with Gasteiger partial charge in [0.2, 0.25) is 0 Å². The molecule has 1 aromatic heterocycles. The van der Waals surface area contributed by atoms with Crippen molar-refractivity contribution >= 4 is 16.9 Å². The highest BCUT2D eigenvalue weighted by Crippen LogP contribution is 2.43. The second kappa shape index (κ2) is 8.93. The summed E-state index contributed by atoms with van der Waals surface area (Å²) in [4.78, 5) is 15.1. The first kappa shape index (κ1) is 21.1. The highest BCUT2D eigenvalue weighted by Gasteiger charge is 2.21. The van der Waals surface area contributed by atoms with E-state index in [1.165, 1.54) is 0 Å². The van der Waals surface area contributed by atoms with E-state index in [9.17, 15) is 9.90 Å². The lowest BCUT2D eigenvalue weighted by molar-refractivity contribution is -0.136. The number of H-pyrrole nitrogens is 1. The number of nitrogens with one attached hydrogen (secondary N) is 1. The molecule has 0 radical (unpaired) electrons. The molecule has 164 valence electrons. The lowest BCUT2D eigenvalue weighted by Gasteiger charge is -2.14. The van der Waals surface area contributed by atoms with Gasteiger partial charge < -0.3 is 29.0 Å². The van der Waals surface area contributed by atoms with Gasteiger partial charge in [0.1, 0.15) is 17.2 Å². The number of benzene rings is 3. The van der Waals surface area contributed by atoms with Gasteiger partial charge in [0.05, 0.1) is 33.4 Å². The Kier molecular flexibility index (Phi) is 5.89. The van der Waals surface area contributed by atoms with E-state index in [1.54, 1.807) is 33.5 Å². The molecule has 1 heterocycles. The summed E-state index contributed by atoms with van der Waals surface area (Å²) in [6.45, 7) is 0. The molecule has 0 saturated carbocycles. The summed E-state index contributed by atoms with van der Waals surface area (Å²) in [6, 6.07) is 18.5. The SMILES string of the molecule is COc1cc(OC)c(-c2[nH]c3ccc(Oc4ccccc4)cc3c2CC(=O)O)cc1OC. The number of hydrogen-bond acceptors (Lipinski definition) is 5. The fourth-order valence-corrected chi connectivity index (χ4v) is 3.70. The number of rotatable bonds is 8. The number of para-hydroxylation sites is 1. The van der Waals surface area contributed by atoms with E-state index >= 15 is 0 Å². The molecule has 0 bridgehead atoms.